The fourth-order valence-electron chi connectivity index (χ4n) is 2.06. The monoisotopic (exact) mass is 181 g/mol. The number of hydrogen-bond donors (Lipinski definition) is 1. The van der Waals surface area contributed by atoms with Crippen LogP contribution < -0.4 is 5.73 Å². The van der Waals surface area contributed by atoms with E-state index in [9.17, 15) is 0 Å². The van der Waals surface area contributed by atoms with Crippen LogP contribution in [0.3, 0.4) is 0 Å². The molecule has 2 aromatic rings. The lowest BCUT2D eigenvalue weighted by molar-refractivity contribution is 1.21. The van der Waals surface area contributed by atoms with Gasteiger partial charge in [0, 0.05) is 11.6 Å². The van der Waals surface area contributed by atoms with Gasteiger partial charge in [0.05, 0.1) is 0 Å². The zero-order chi connectivity index (χ0) is 9.54. The number of rotatable bonds is 1. The number of hydrogen-bond acceptors (Lipinski definition) is 1. The summed E-state index contributed by atoms with van der Waals surface area (Å²) in [6, 6.07) is 16.7. The van der Waals surface area contributed by atoms with E-state index in [0.29, 0.717) is 5.92 Å². The first-order valence-corrected chi connectivity index (χ1v) is 4.80. The summed E-state index contributed by atoms with van der Waals surface area (Å²) in [6.45, 7) is 0. The Morgan fingerprint density at radius 1 is 0.857 bits per heavy atom. The van der Waals surface area contributed by atoms with Gasteiger partial charge in [-0.2, -0.15) is 0 Å². The molecule has 0 atom stereocenters. The summed E-state index contributed by atoms with van der Waals surface area (Å²) in [6.07, 6.45) is 0. The fourth-order valence-corrected chi connectivity index (χ4v) is 2.06. The van der Waals surface area contributed by atoms with Crippen molar-refractivity contribution in [2.24, 2.45) is 0 Å². The molecule has 14 heavy (non-hydrogen) atoms. The molecular formula is C13H11N. The molecule has 0 radical (unpaired) electrons. The summed E-state index contributed by atoms with van der Waals surface area (Å²) in [5.74, 6) is 0.508. The molecule has 0 spiro atoms. The number of nitrogens with two attached hydrogens (primary N) is 1. The summed E-state index contributed by atoms with van der Waals surface area (Å²) in [7, 11) is 0. The molecule has 1 nitrogen and oxygen atoms in total. The molecule has 0 aliphatic heterocycles. The van der Waals surface area contributed by atoms with Gasteiger partial charge < -0.3 is 5.73 Å². The van der Waals surface area contributed by atoms with Crippen molar-refractivity contribution in [1.29, 1.82) is 0 Å². The molecule has 0 bridgehead atoms. The predicted octanol–water partition coefficient (Wildman–Crippen LogP) is 2.76. The molecule has 0 amide bonds. The van der Waals surface area contributed by atoms with E-state index in [4.69, 9.17) is 5.73 Å². The lowest BCUT2D eigenvalue weighted by atomic mass is 10.1. The molecule has 2 N–H and O–H groups in total. The van der Waals surface area contributed by atoms with E-state index < -0.39 is 0 Å². The van der Waals surface area contributed by atoms with Crippen LogP contribution in [0.5, 0.6) is 0 Å². The molecule has 0 heterocycles. The minimum absolute atomic E-state index is 0.508. The molecule has 1 aliphatic rings. The van der Waals surface area contributed by atoms with Crippen LogP contribution >= 0.6 is 0 Å². The zero-order valence-corrected chi connectivity index (χ0v) is 7.77. The van der Waals surface area contributed by atoms with Crippen molar-refractivity contribution in [3.63, 3.8) is 0 Å². The van der Waals surface area contributed by atoms with Crippen molar-refractivity contribution in [3.8, 4) is 0 Å². The third kappa shape index (κ3) is 1.02. The van der Waals surface area contributed by atoms with Crippen LogP contribution in [0.2, 0.25) is 0 Å². The first-order valence-electron chi connectivity index (χ1n) is 4.80. The third-order valence-electron chi connectivity index (χ3n) is 2.78. The summed E-state index contributed by atoms with van der Waals surface area (Å²) in [4.78, 5) is 0. The van der Waals surface area contributed by atoms with Gasteiger partial charge in [-0.05, 0) is 28.8 Å². The van der Waals surface area contributed by atoms with Crippen molar-refractivity contribution < 1.29 is 0 Å². The Morgan fingerprint density at radius 3 is 2.21 bits per heavy atom. The third-order valence-corrected chi connectivity index (χ3v) is 2.78. The lowest BCUT2D eigenvalue weighted by Gasteiger charge is -1.98. The van der Waals surface area contributed by atoms with Gasteiger partial charge in [-0.25, -0.2) is 0 Å². The Balaban J connectivity index is 2.02. The van der Waals surface area contributed by atoms with Crippen molar-refractivity contribution in [2.45, 2.75) is 5.92 Å². The number of benzene rings is 2. The molecular weight excluding hydrogens is 170 g/mol. The highest BCUT2D eigenvalue weighted by Crippen LogP contribution is 2.47. The molecule has 0 saturated carbocycles. The van der Waals surface area contributed by atoms with Crippen LogP contribution in [0.25, 0.3) is 0 Å². The molecule has 0 unspecified atom stereocenters. The van der Waals surface area contributed by atoms with Gasteiger partial charge in [0.1, 0.15) is 0 Å². The lowest BCUT2D eigenvalue weighted by Crippen LogP contribution is -1.87. The average molecular weight is 181 g/mol. The van der Waals surface area contributed by atoms with E-state index in [1.54, 1.807) is 0 Å². The van der Waals surface area contributed by atoms with E-state index in [1.165, 1.54) is 16.7 Å². The molecule has 0 aromatic heterocycles. The van der Waals surface area contributed by atoms with Crippen molar-refractivity contribution >= 4 is 5.69 Å². The van der Waals surface area contributed by atoms with Crippen LogP contribution in [0.4, 0.5) is 5.69 Å². The highest BCUT2D eigenvalue weighted by molar-refractivity contribution is 5.61. The number of nitrogen functional groups attached to an aromatic ring is 1. The maximum absolute atomic E-state index is 5.76. The number of anilines is 1. The van der Waals surface area contributed by atoms with Gasteiger partial charge in [-0.3, -0.25) is 0 Å². The molecule has 1 heteroatoms. The second kappa shape index (κ2) is 2.61. The quantitative estimate of drug-likeness (QED) is 0.574. The topological polar surface area (TPSA) is 26.0 Å². The first kappa shape index (κ1) is 7.63. The molecule has 3 rings (SSSR count). The number of fused-ring (bicyclic) bond motifs is 1. The smallest absolute Gasteiger partial charge is 0.0346 e. The molecule has 0 saturated heterocycles. The van der Waals surface area contributed by atoms with Gasteiger partial charge >= 0.3 is 0 Å². The maximum atomic E-state index is 5.76. The maximum Gasteiger partial charge on any atom is 0.0346 e. The predicted molar refractivity (Wildman–Crippen MR) is 58.2 cm³/mol. The largest absolute Gasteiger partial charge is 0.399 e. The van der Waals surface area contributed by atoms with Crippen LogP contribution in [0.1, 0.15) is 22.6 Å². The summed E-state index contributed by atoms with van der Waals surface area (Å²) in [5.41, 5.74) is 10.8. The van der Waals surface area contributed by atoms with Gasteiger partial charge in [-0.1, -0.05) is 36.4 Å². The molecule has 68 valence electrons. The average Bonchev–Trinajstić information content (AvgIpc) is 2.91. The standard InChI is InChI=1S/C13H11N/c14-10-5-3-4-9(8-10)13-11-6-1-2-7-12(11)13/h1-8,13H,14H2. The summed E-state index contributed by atoms with van der Waals surface area (Å²) in [5, 5.41) is 0. The summed E-state index contributed by atoms with van der Waals surface area (Å²) >= 11 is 0. The first-order chi connectivity index (χ1) is 6.86. The second-order valence-corrected chi connectivity index (χ2v) is 3.73. The van der Waals surface area contributed by atoms with E-state index in [-0.39, 0.29) is 0 Å². The van der Waals surface area contributed by atoms with Crippen molar-refractivity contribution in [3.05, 3.63) is 65.2 Å². The van der Waals surface area contributed by atoms with Crippen LogP contribution in [0, 0.1) is 0 Å². The Kier molecular flexibility index (Phi) is 1.42. The highest BCUT2D eigenvalue weighted by Gasteiger charge is 2.32. The molecule has 2 aromatic carbocycles. The molecule has 1 aliphatic carbocycles. The van der Waals surface area contributed by atoms with Crippen LogP contribution in [-0.2, 0) is 0 Å². The Hall–Kier alpha value is -1.76. The van der Waals surface area contributed by atoms with Gasteiger partial charge in [0.15, 0.2) is 0 Å². The highest BCUT2D eigenvalue weighted by atomic mass is 14.5. The van der Waals surface area contributed by atoms with E-state index >= 15 is 0 Å². The molecule has 0 fully saturated rings. The Bertz CT molecular complexity index is 465. The Labute approximate surface area is 83.2 Å². The van der Waals surface area contributed by atoms with E-state index in [2.05, 4.69) is 36.4 Å². The normalized spacial score (nSPS) is 13.7. The van der Waals surface area contributed by atoms with Crippen molar-refractivity contribution in [2.75, 3.05) is 5.73 Å². The zero-order valence-electron chi connectivity index (χ0n) is 7.77. The minimum Gasteiger partial charge on any atom is -0.399 e. The van der Waals surface area contributed by atoms with E-state index in [0.717, 1.165) is 5.69 Å². The minimum atomic E-state index is 0.508. The van der Waals surface area contributed by atoms with Crippen LogP contribution in [-0.4, -0.2) is 0 Å². The van der Waals surface area contributed by atoms with Gasteiger partial charge in [0.25, 0.3) is 0 Å². The Morgan fingerprint density at radius 2 is 1.57 bits per heavy atom. The fraction of sp³-hybridized carbons (Fsp3) is 0.0769. The van der Waals surface area contributed by atoms with Crippen molar-refractivity contribution in [1.82, 2.24) is 0 Å². The SMILES string of the molecule is Nc1cccc(C2c3ccccc32)c1. The van der Waals surface area contributed by atoms with Crippen LogP contribution in [0.15, 0.2) is 48.5 Å². The van der Waals surface area contributed by atoms with E-state index in [1.807, 2.05) is 12.1 Å². The summed E-state index contributed by atoms with van der Waals surface area (Å²) < 4.78 is 0. The second-order valence-electron chi connectivity index (χ2n) is 3.73. The van der Waals surface area contributed by atoms with Gasteiger partial charge in [0.2, 0.25) is 0 Å². The van der Waals surface area contributed by atoms with Gasteiger partial charge in [-0.15, -0.1) is 0 Å².